The fourth-order valence-corrected chi connectivity index (χ4v) is 3.65. The molecule has 0 atom stereocenters. The second kappa shape index (κ2) is 14.2. The molecule has 0 fully saturated rings. The third-order valence-electron chi connectivity index (χ3n) is 5.07. The van der Waals surface area contributed by atoms with Crippen LogP contribution in [-0.2, 0) is 4.79 Å². The van der Waals surface area contributed by atoms with Crippen molar-refractivity contribution in [2.75, 3.05) is 0 Å². The SMILES string of the molecule is Cc1cc(OC(C)C)cc(-c2ncn(/C=C\C#N)n2)c1.Cc1cc(OC(C)C)cc(-c2ncn(/C=C\C(N)=O)n2)c1. The molecule has 0 aliphatic carbocycles. The highest BCUT2D eigenvalue weighted by Gasteiger charge is 2.09. The van der Waals surface area contributed by atoms with Gasteiger partial charge in [0.25, 0.3) is 0 Å². The maximum atomic E-state index is 10.7. The molecule has 0 radical (unpaired) electrons. The highest BCUT2D eigenvalue weighted by atomic mass is 16.5. The molecule has 0 bridgehead atoms. The Labute approximate surface area is 239 Å². The average Bonchev–Trinajstić information content (AvgIpc) is 3.55. The number of allylic oxidation sites excluding steroid dienone is 1. The van der Waals surface area contributed by atoms with Crippen molar-refractivity contribution < 1.29 is 14.3 Å². The Morgan fingerprint density at radius 1 is 0.829 bits per heavy atom. The molecule has 2 aromatic heterocycles. The van der Waals surface area contributed by atoms with E-state index in [0.29, 0.717) is 11.6 Å². The number of nitriles is 1. The molecule has 4 aromatic rings. The molecule has 11 heteroatoms. The standard InChI is InChI=1S/C15H18N4O2.C15H16N4O/c1-10(2)21-13-7-11(3)6-12(8-13)15-17-9-19(18-15)5-4-14(16)20;1-11(2)20-14-8-12(3)7-13(9-14)15-17-10-19(18-15)6-4-5-16/h4-10H,1-3H3,(H2,16,20);4,6-11H,1-3H3/b5-4-;6-4-. The van der Waals surface area contributed by atoms with Gasteiger partial charge >= 0.3 is 0 Å². The summed E-state index contributed by atoms with van der Waals surface area (Å²) < 4.78 is 14.4. The lowest BCUT2D eigenvalue weighted by Gasteiger charge is -2.11. The van der Waals surface area contributed by atoms with Crippen molar-refractivity contribution >= 4 is 18.3 Å². The molecule has 0 aliphatic rings. The second-order valence-electron chi connectivity index (χ2n) is 9.66. The van der Waals surface area contributed by atoms with Crippen molar-refractivity contribution in [3.8, 4) is 40.3 Å². The van der Waals surface area contributed by atoms with Gasteiger partial charge in [0.15, 0.2) is 11.6 Å². The van der Waals surface area contributed by atoms with Crippen LogP contribution in [0.25, 0.3) is 35.2 Å². The fourth-order valence-electron chi connectivity index (χ4n) is 3.65. The van der Waals surface area contributed by atoms with E-state index in [9.17, 15) is 4.79 Å². The van der Waals surface area contributed by atoms with Gasteiger partial charge in [0.1, 0.15) is 24.2 Å². The molecule has 2 heterocycles. The zero-order valence-electron chi connectivity index (χ0n) is 24.0. The number of hydrogen-bond donors (Lipinski definition) is 1. The molecular formula is C30H34N8O3. The van der Waals surface area contributed by atoms with E-state index in [0.717, 1.165) is 33.8 Å². The Morgan fingerprint density at radius 3 is 1.71 bits per heavy atom. The smallest absolute Gasteiger partial charge is 0.242 e. The first-order valence-electron chi connectivity index (χ1n) is 13.0. The number of benzene rings is 2. The Morgan fingerprint density at radius 2 is 1.29 bits per heavy atom. The summed E-state index contributed by atoms with van der Waals surface area (Å²) in [6.45, 7) is 11.9. The summed E-state index contributed by atoms with van der Waals surface area (Å²) >= 11 is 0. The number of carbonyl (C=O) groups is 1. The molecule has 0 aliphatic heterocycles. The summed E-state index contributed by atoms with van der Waals surface area (Å²) in [6.07, 6.45) is 8.88. The second-order valence-corrected chi connectivity index (χ2v) is 9.66. The van der Waals surface area contributed by atoms with Crippen molar-refractivity contribution in [2.24, 2.45) is 5.73 Å². The van der Waals surface area contributed by atoms with Crippen LogP contribution < -0.4 is 15.2 Å². The van der Waals surface area contributed by atoms with Crippen molar-refractivity contribution in [3.63, 3.8) is 0 Å². The van der Waals surface area contributed by atoms with E-state index in [1.165, 1.54) is 34.0 Å². The minimum atomic E-state index is -0.532. The Balaban J connectivity index is 0.000000226. The first kappa shape index (κ1) is 30.3. The van der Waals surface area contributed by atoms with Crippen molar-refractivity contribution in [3.05, 3.63) is 72.3 Å². The highest BCUT2D eigenvalue weighted by molar-refractivity contribution is 5.88. The van der Waals surface area contributed by atoms with E-state index in [1.54, 1.807) is 12.5 Å². The molecule has 41 heavy (non-hydrogen) atoms. The van der Waals surface area contributed by atoms with E-state index < -0.39 is 5.91 Å². The zero-order chi connectivity index (χ0) is 29.9. The maximum absolute atomic E-state index is 10.7. The number of aromatic nitrogens is 6. The van der Waals surface area contributed by atoms with Crippen LogP contribution in [0.5, 0.6) is 11.5 Å². The van der Waals surface area contributed by atoms with Gasteiger partial charge in [0.2, 0.25) is 5.91 Å². The normalized spacial score (nSPS) is 11.1. The number of carbonyl (C=O) groups excluding carboxylic acids is 1. The Hall–Kier alpha value is -5.24. The minimum Gasteiger partial charge on any atom is -0.491 e. The van der Waals surface area contributed by atoms with Crippen molar-refractivity contribution in [1.29, 1.82) is 5.26 Å². The lowest BCUT2D eigenvalue weighted by atomic mass is 10.1. The van der Waals surface area contributed by atoms with Gasteiger partial charge in [0, 0.05) is 35.7 Å². The summed E-state index contributed by atoms with van der Waals surface area (Å²) in [6, 6.07) is 13.7. The third-order valence-corrected chi connectivity index (χ3v) is 5.07. The Kier molecular flexibility index (Phi) is 10.5. The van der Waals surface area contributed by atoms with Crippen LogP contribution in [0.3, 0.4) is 0 Å². The molecule has 212 valence electrons. The van der Waals surface area contributed by atoms with Crippen LogP contribution in [0, 0.1) is 25.2 Å². The molecule has 2 N–H and O–H groups in total. The number of aryl methyl sites for hydroxylation is 2. The first-order chi connectivity index (χ1) is 19.5. The molecule has 11 nitrogen and oxygen atoms in total. The number of primary amides is 1. The largest absolute Gasteiger partial charge is 0.491 e. The number of rotatable bonds is 9. The third kappa shape index (κ3) is 9.78. The highest BCUT2D eigenvalue weighted by Crippen LogP contribution is 2.25. The number of hydrogen-bond acceptors (Lipinski definition) is 8. The fraction of sp³-hybridized carbons (Fsp3) is 0.267. The monoisotopic (exact) mass is 554 g/mol. The molecule has 0 unspecified atom stereocenters. The average molecular weight is 555 g/mol. The molecule has 4 rings (SSSR count). The number of ether oxygens (including phenoxy) is 2. The molecule has 0 spiro atoms. The van der Waals surface area contributed by atoms with Gasteiger partial charge in [-0.05, 0) is 89.1 Å². The summed E-state index contributed by atoms with van der Waals surface area (Å²) in [5.41, 5.74) is 8.94. The van der Waals surface area contributed by atoms with Crippen LogP contribution in [0.1, 0.15) is 38.8 Å². The van der Waals surface area contributed by atoms with Crippen LogP contribution in [0.15, 0.2) is 61.2 Å². The van der Waals surface area contributed by atoms with Crippen LogP contribution in [0.4, 0.5) is 0 Å². The molecular weight excluding hydrogens is 520 g/mol. The molecule has 0 saturated heterocycles. The molecule has 2 aromatic carbocycles. The van der Waals surface area contributed by atoms with Crippen LogP contribution in [-0.4, -0.2) is 47.6 Å². The van der Waals surface area contributed by atoms with Crippen molar-refractivity contribution in [1.82, 2.24) is 29.5 Å². The lowest BCUT2D eigenvalue weighted by molar-refractivity contribution is -0.113. The van der Waals surface area contributed by atoms with Crippen LogP contribution in [0.2, 0.25) is 0 Å². The predicted octanol–water partition coefficient (Wildman–Crippen LogP) is 5.03. The maximum Gasteiger partial charge on any atom is 0.242 e. The van der Waals surface area contributed by atoms with E-state index >= 15 is 0 Å². The quantitative estimate of drug-likeness (QED) is 0.224. The van der Waals surface area contributed by atoms with Gasteiger partial charge in [-0.25, -0.2) is 19.3 Å². The number of nitrogens with two attached hydrogens (primary N) is 1. The van der Waals surface area contributed by atoms with E-state index in [-0.39, 0.29) is 12.2 Å². The number of nitrogens with zero attached hydrogens (tertiary/aromatic N) is 7. The summed E-state index contributed by atoms with van der Waals surface area (Å²) in [7, 11) is 0. The van der Waals surface area contributed by atoms with E-state index in [4.69, 9.17) is 20.5 Å². The zero-order valence-corrected chi connectivity index (χ0v) is 24.0. The molecule has 1 amide bonds. The van der Waals surface area contributed by atoms with Gasteiger partial charge in [-0.2, -0.15) is 5.26 Å². The number of amides is 1. The van der Waals surface area contributed by atoms with E-state index in [1.807, 2.05) is 84.0 Å². The van der Waals surface area contributed by atoms with Gasteiger partial charge in [-0.15, -0.1) is 10.2 Å². The predicted molar refractivity (Wildman–Crippen MR) is 157 cm³/mol. The minimum absolute atomic E-state index is 0.101. The first-order valence-corrected chi connectivity index (χ1v) is 13.0. The Bertz CT molecular complexity index is 1570. The topological polar surface area (TPSA) is 147 Å². The summed E-state index contributed by atoms with van der Waals surface area (Å²) in [5.74, 6) is 2.21. The van der Waals surface area contributed by atoms with Gasteiger partial charge in [0.05, 0.1) is 18.3 Å². The van der Waals surface area contributed by atoms with Crippen LogP contribution >= 0.6 is 0 Å². The van der Waals surface area contributed by atoms with Gasteiger partial charge < -0.3 is 15.2 Å². The van der Waals surface area contributed by atoms with Crippen molar-refractivity contribution in [2.45, 2.75) is 53.8 Å². The summed E-state index contributed by atoms with van der Waals surface area (Å²) in [4.78, 5) is 19.2. The van der Waals surface area contributed by atoms with E-state index in [2.05, 4.69) is 20.2 Å². The van der Waals surface area contributed by atoms with Gasteiger partial charge in [-0.1, -0.05) is 0 Å². The summed E-state index contributed by atoms with van der Waals surface area (Å²) in [5, 5.41) is 17.1. The van der Waals surface area contributed by atoms with Gasteiger partial charge in [-0.3, -0.25) is 4.79 Å². The lowest BCUT2D eigenvalue weighted by Crippen LogP contribution is -2.06. The molecule has 0 saturated carbocycles.